The van der Waals surface area contributed by atoms with E-state index in [1.165, 1.54) is 43.5 Å². The number of halogens is 1. The zero-order valence-electron chi connectivity index (χ0n) is 12.1. The molecule has 0 unspecified atom stereocenters. The first-order chi connectivity index (χ1) is 10.3. The first-order valence-electron chi connectivity index (χ1n) is 7.85. The zero-order chi connectivity index (χ0) is 14.2. The van der Waals surface area contributed by atoms with E-state index in [1.54, 1.807) is 11.3 Å². The molecule has 4 rings (SSSR count). The maximum absolute atomic E-state index is 6.24. The Morgan fingerprint density at radius 3 is 2.57 bits per heavy atom. The third-order valence-electron chi connectivity index (χ3n) is 4.75. The fourth-order valence-corrected chi connectivity index (χ4v) is 4.88. The van der Waals surface area contributed by atoms with Gasteiger partial charge in [-0.3, -0.25) is 0 Å². The number of thiazole rings is 1. The highest BCUT2D eigenvalue weighted by Crippen LogP contribution is 2.34. The molecule has 0 radical (unpaired) electrons. The molecule has 2 fully saturated rings. The molecule has 0 amide bonds. The van der Waals surface area contributed by atoms with Gasteiger partial charge in [-0.2, -0.15) is 0 Å². The van der Waals surface area contributed by atoms with Gasteiger partial charge in [-0.1, -0.05) is 29.0 Å². The lowest BCUT2D eigenvalue weighted by Crippen LogP contribution is -2.43. The Bertz CT molecular complexity index is 627. The zero-order valence-corrected chi connectivity index (χ0v) is 13.7. The van der Waals surface area contributed by atoms with Crippen LogP contribution >= 0.6 is 22.9 Å². The van der Waals surface area contributed by atoms with Crippen LogP contribution in [0.3, 0.4) is 0 Å². The predicted octanol–water partition coefficient (Wildman–Crippen LogP) is 4.01. The highest BCUT2D eigenvalue weighted by molar-refractivity contribution is 7.22. The molecule has 3 nitrogen and oxygen atoms in total. The van der Waals surface area contributed by atoms with Crippen molar-refractivity contribution >= 4 is 38.3 Å². The fourth-order valence-electron chi connectivity index (χ4n) is 3.57. The van der Waals surface area contributed by atoms with Crippen molar-refractivity contribution in [3.63, 3.8) is 0 Å². The molecule has 1 aromatic carbocycles. The number of piperidine rings is 1. The number of hydrogen-bond donors (Lipinski definition) is 0. The molecule has 0 N–H and O–H groups in total. The maximum atomic E-state index is 6.24. The number of para-hydroxylation sites is 1. The highest BCUT2D eigenvalue weighted by Gasteiger charge is 2.27. The molecular weight excluding hydrogens is 302 g/mol. The van der Waals surface area contributed by atoms with Crippen LogP contribution in [0.4, 0.5) is 5.13 Å². The van der Waals surface area contributed by atoms with E-state index in [-0.39, 0.29) is 0 Å². The van der Waals surface area contributed by atoms with Crippen molar-refractivity contribution in [3.05, 3.63) is 23.2 Å². The molecule has 2 aromatic rings. The lowest BCUT2D eigenvalue weighted by molar-refractivity contribution is 0.208. The molecule has 0 spiro atoms. The molecule has 5 heteroatoms. The molecule has 0 atom stereocenters. The van der Waals surface area contributed by atoms with E-state index in [4.69, 9.17) is 16.6 Å². The van der Waals surface area contributed by atoms with Gasteiger partial charge in [-0.15, -0.1) is 0 Å². The van der Waals surface area contributed by atoms with E-state index in [1.807, 2.05) is 12.1 Å². The van der Waals surface area contributed by atoms with Crippen LogP contribution in [0.15, 0.2) is 18.2 Å². The third-order valence-corrected chi connectivity index (χ3v) is 6.14. The quantitative estimate of drug-likeness (QED) is 0.833. The van der Waals surface area contributed by atoms with Crippen LogP contribution in [0.5, 0.6) is 0 Å². The number of likely N-dealkylation sites (tertiary alicyclic amines) is 1. The minimum Gasteiger partial charge on any atom is -0.348 e. The molecular formula is C16H20ClN3S. The summed E-state index contributed by atoms with van der Waals surface area (Å²) in [4.78, 5) is 9.88. The van der Waals surface area contributed by atoms with Gasteiger partial charge in [0.25, 0.3) is 0 Å². The average Bonchev–Trinajstić information content (AvgIpc) is 3.18. The normalized spacial score (nSPS) is 21.5. The molecule has 21 heavy (non-hydrogen) atoms. The summed E-state index contributed by atoms with van der Waals surface area (Å²) < 4.78 is 1.19. The van der Waals surface area contributed by atoms with Crippen molar-refractivity contribution in [2.45, 2.75) is 31.7 Å². The van der Waals surface area contributed by atoms with Crippen LogP contribution in [0.25, 0.3) is 10.2 Å². The summed E-state index contributed by atoms with van der Waals surface area (Å²) in [7, 11) is 0. The molecule has 0 bridgehead atoms. The summed E-state index contributed by atoms with van der Waals surface area (Å²) in [5, 5.41) is 1.90. The second kappa shape index (κ2) is 5.75. The van der Waals surface area contributed by atoms with E-state index in [0.29, 0.717) is 0 Å². The van der Waals surface area contributed by atoms with Crippen LogP contribution in [0, 0.1) is 0 Å². The monoisotopic (exact) mass is 321 g/mol. The van der Waals surface area contributed by atoms with E-state index >= 15 is 0 Å². The SMILES string of the molecule is Clc1cccc2sc(N3CCC(N4CCCC4)CC3)nc12. The van der Waals surface area contributed by atoms with E-state index in [2.05, 4.69) is 15.9 Å². The Kier molecular flexibility index (Phi) is 3.78. The van der Waals surface area contributed by atoms with Gasteiger partial charge in [-0.05, 0) is 50.9 Å². The van der Waals surface area contributed by atoms with Gasteiger partial charge >= 0.3 is 0 Å². The van der Waals surface area contributed by atoms with Crippen molar-refractivity contribution in [3.8, 4) is 0 Å². The van der Waals surface area contributed by atoms with Crippen molar-refractivity contribution in [1.82, 2.24) is 9.88 Å². The van der Waals surface area contributed by atoms with Crippen molar-refractivity contribution in [2.24, 2.45) is 0 Å². The van der Waals surface area contributed by atoms with Gasteiger partial charge in [0.05, 0.1) is 9.72 Å². The Morgan fingerprint density at radius 2 is 1.86 bits per heavy atom. The number of hydrogen-bond acceptors (Lipinski definition) is 4. The summed E-state index contributed by atoms with van der Waals surface area (Å²) in [5.41, 5.74) is 0.959. The van der Waals surface area contributed by atoms with E-state index in [0.717, 1.165) is 34.8 Å². The molecule has 0 saturated carbocycles. The third kappa shape index (κ3) is 2.65. The summed E-state index contributed by atoms with van der Waals surface area (Å²) in [6.07, 6.45) is 5.31. The van der Waals surface area contributed by atoms with Crippen molar-refractivity contribution in [2.75, 3.05) is 31.1 Å². The lowest BCUT2D eigenvalue weighted by atomic mass is 10.0. The Morgan fingerprint density at radius 1 is 1.10 bits per heavy atom. The molecule has 1 aromatic heterocycles. The maximum Gasteiger partial charge on any atom is 0.186 e. The molecule has 2 aliphatic rings. The minimum atomic E-state index is 0.766. The number of fused-ring (bicyclic) bond motifs is 1. The smallest absolute Gasteiger partial charge is 0.186 e. The van der Waals surface area contributed by atoms with E-state index < -0.39 is 0 Å². The summed E-state index contributed by atoms with van der Waals surface area (Å²) in [5.74, 6) is 0. The van der Waals surface area contributed by atoms with Crippen LogP contribution < -0.4 is 4.90 Å². The predicted molar refractivity (Wildman–Crippen MR) is 90.7 cm³/mol. The average molecular weight is 322 g/mol. The fraction of sp³-hybridized carbons (Fsp3) is 0.562. The van der Waals surface area contributed by atoms with E-state index in [9.17, 15) is 0 Å². The van der Waals surface area contributed by atoms with Gasteiger partial charge in [0.15, 0.2) is 5.13 Å². The number of anilines is 1. The second-order valence-corrected chi connectivity index (χ2v) is 7.46. The Balaban J connectivity index is 1.48. The topological polar surface area (TPSA) is 19.4 Å². The highest BCUT2D eigenvalue weighted by atomic mass is 35.5. The largest absolute Gasteiger partial charge is 0.348 e. The van der Waals surface area contributed by atoms with Crippen LogP contribution in [0.2, 0.25) is 5.02 Å². The molecule has 112 valence electrons. The number of rotatable bonds is 2. The number of nitrogens with zero attached hydrogens (tertiary/aromatic N) is 3. The van der Waals surface area contributed by atoms with Crippen LogP contribution in [0.1, 0.15) is 25.7 Å². The standard InChI is InChI=1S/C16H20ClN3S/c17-13-4-3-5-14-15(13)18-16(21-14)20-10-6-12(7-11-20)19-8-1-2-9-19/h3-5,12H,1-2,6-11H2. The molecule has 3 heterocycles. The van der Waals surface area contributed by atoms with Crippen molar-refractivity contribution in [1.29, 1.82) is 0 Å². The van der Waals surface area contributed by atoms with Gasteiger partial charge in [0.1, 0.15) is 5.52 Å². The van der Waals surface area contributed by atoms with Gasteiger partial charge < -0.3 is 9.80 Å². The summed E-state index contributed by atoms with van der Waals surface area (Å²) in [6.45, 7) is 4.86. The lowest BCUT2D eigenvalue weighted by Gasteiger charge is -2.36. The van der Waals surface area contributed by atoms with Crippen LogP contribution in [-0.4, -0.2) is 42.1 Å². The number of aromatic nitrogens is 1. The molecule has 2 aliphatic heterocycles. The van der Waals surface area contributed by atoms with Gasteiger partial charge in [0.2, 0.25) is 0 Å². The first-order valence-corrected chi connectivity index (χ1v) is 9.05. The molecule has 0 aliphatic carbocycles. The number of benzene rings is 1. The minimum absolute atomic E-state index is 0.766. The van der Waals surface area contributed by atoms with Gasteiger partial charge in [0, 0.05) is 19.1 Å². The summed E-state index contributed by atoms with van der Waals surface area (Å²) >= 11 is 8.01. The van der Waals surface area contributed by atoms with Crippen LogP contribution in [-0.2, 0) is 0 Å². The Labute approximate surface area is 134 Å². The Hall–Kier alpha value is -0.840. The first kappa shape index (κ1) is 13.8. The summed E-state index contributed by atoms with van der Waals surface area (Å²) in [6, 6.07) is 6.83. The second-order valence-electron chi connectivity index (χ2n) is 6.04. The van der Waals surface area contributed by atoms with Gasteiger partial charge in [-0.25, -0.2) is 4.98 Å². The van der Waals surface area contributed by atoms with Crippen molar-refractivity contribution < 1.29 is 0 Å². The molecule has 2 saturated heterocycles.